The number of benzene rings is 1. The molecule has 0 aromatic heterocycles. The average Bonchev–Trinajstić information content (AvgIpc) is 2.33. The van der Waals surface area contributed by atoms with Gasteiger partial charge in [0.1, 0.15) is 16.3 Å². The largest absolute Gasteiger partial charge is 0.598 e. The summed E-state index contributed by atoms with van der Waals surface area (Å²) in [5.41, 5.74) is 0.722. The van der Waals surface area contributed by atoms with Crippen LogP contribution in [0.5, 0.6) is 5.75 Å². The summed E-state index contributed by atoms with van der Waals surface area (Å²) >= 11 is -1.21. The van der Waals surface area contributed by atoms with Gasteiger partial charge in [-0.05, 0) is 65.2 Å². The van der Waals surface area contributed by atoms with E-state index in [-0.39, 0.29) is 22.7 Å². The Bertz CT molecular complexity index is 486. The zero-order valence-electron chi connectivity index (χ0n) is 13.1. The maximum atomic E-state index is 13.6. The van der Waals surface area contributed by atoms with Crippen molar-refractivity contribution >= 4 is 11.4 Å². The Morgan fingerprint density at radius 1 is 1.38 bits per heavy atom. The molecule has 1 aliphatic carbocycles. The summed E-state index contributed by atoms with van der Waals surface area (Å²) in [6, 6.07) is 4.30. The van der Waals surface area contributed by atoms with Crippen molar-refractivity contribution in [2.24, 2.45) is 0 Å². The van der Waals surface area contributed by atoms with Gasteiger partial charge < -0.3 is 9.29 Å². The first-order chi connectivity index (χ1) is 9.77. The smallest absolute Gasteiger partial charge is 0.136 e. The number of nitrogens with one attached hydrogen (secondary N) is 1. The zero-order chi connectivity index (χ0) is 15.6. The SMILES string of the molecule is C[C@@H](N[S+]([O-])C(C)(C)C)c1cc(F)ccc1OC1CCC1. The first-order valence-electron chi connectivity index (χ1n) is 7.41. The lowest BCUT2D eigenvalue weighted by molar-refractivity contribution is 0.118. The van der Waals surface area contributed by atoms with E-state index in [0.717, 1.165) is 18.4 Å². The maximum absolute atomic E-state index is 13.6. The van der Waals surface area contributed by atoms with E-state index in [9.17, 15) is 8.94 Å². The van der Waals surface area contributed by atoms with Crippen LogP contribution in [-0.2, 0) is 11.4 Å². The van der Waals surface area contributed by atoms with Crippen molar-refractivity contribution < 1.29 is 13.7 Å². The monoisotopic (exact) mass is 313 g/mol. The van der Waals surface area contributed by atoms with E-state index in [1.54, 1.807) is 6.07 Å². The molecule has 0 bridgehead atoms. The van der Waals surface area contributed by atoms with Gasteiger partial charge in [-0.1, -0.05) is 0 Å². The van der Waals surface area contributed by atoms with Crippen molar-refractivity contribution in [3.8, 4) is 5.75 Å². The lowest BCUT2D eigenvalue weighted by Crippen LogP contribution is -2.40. The van der Waals surface area contributed by atoms with Crippen LogP contribution < -0.4 is 9.46 Å². The minimum Gasteiger partial charge on any atom is -0.598 e. The van der Waals surface area contributed by atoms with E-state index in [1.165, 1.54) is 18.6 Å². The molecule has 1 N–H and O–H groups in total. The quantitative estimate of drug-likeness (QED) is 0.839. The van der Waals surface area contributed by atoms with Crippen LogP contribution in [0, 0.1) is 5.82 Å². The molecule has 21 heavy (non-hydrogen) atoms. The van der Waals surface area contributed by atoms with Gasteiger partial charge in [0.05, 0.1) is 12.1 Å². The van der Waals surface area contributed by atoms with E-state index in [4.69, 9.17) is 4.74 Å². The second-order valence-electron chi connectivity index (χ2n) is 6.57. The summed E-state index contributed by atoms with van der Waals surface area (Å²) in [5, 5.41) is 0. The highest BCUT2D eigenvalue weighted by molar-refractivity contribution is 7.90. The van der Waals surface area contributed by atoms with Crippen molar-refractivity contribution in [3.05, 3.63) is 29.6 Å². The molecule has 1 aliphatic rings. The van der Waals surface area contributed by atoms with Gasteiger partial charge in [-0.15, -0.1) is 4.72 Å². The van der Waals surface area contributed by atoms with Gasteiger partial charge >= 0.3 is 0 Å². The molecule has 1 fully saturated rings. The predicted molar refractivity (Wildman–Crippen MR) is 84.1 cm³/mol. The highest BCUT2D eigenvalue weighted by Gasteiger charge is 2.30. The molecule has 0 aliphatic heterocycles. The third-order valence-electron chi connectivity index (χ3n) is 3.62. The molecule has 0 spiro atoms. The average molecular weight is 313 g/mol. The van der Waals surface area contributed by atoms with Gasteiger partial charge in [-0.2, -0.15) is 0 Å². The fourth-order valence-electron chi connectivity index (χ4n) is 2.03. The molecule has 1 saturated carbocycles. The maximum Gasteiger partial charge on any atom is 0.136 e. The molecule has 2 rings (SSSR count). The minimum absolute atomic E-state index is 0.231. The first-order valence-corrected chi connectivity index (χ1v) is 8.56. The lowest BCUT2D eigenvalue weighted by Gasteiger charge is -2.30. The Balaban J connectivity index is 2.14. The fourth-order valence-corrected chi connectivity index (χ4v) is 2.84. The van der Waals surface area contributed by atoms with Gasteiger partial charge in [0.15, 0.2) is 0 Å². The Labute approximate surface area is 129 Å². The van der Waals surface area contributed by atoms with Crippen LogP contribution in [-0.4, -0.2) is 15.4 Å². The number of halogens is 1. The summed E-state index contributed by atoms with van der Waals surface area (Å²) in [7, 11) is 0. The second kappa shape index (κ2) is 6.55. The van der Waals surface area contributed by atoms with Crippen LogP contribution >= 0.6 is 0 Å². The van der Waals surface area contributed by atoms with Crippen LogP contribution in [0.1, 0.15) is 58.6 Å². The van der Waals surface area contributed by atoms with E-state index in [0.29, 0.717) is 5.75 Å². The second-order valence-corrected chi connectivity index (χ2v) is 8.57. The topological polar surface area (TPSA) is 44.3 Å². The molecule has 0 radical (unpaired) electrons. The molecular formula is C16H24FNO2S. The van der Waals surface area contributed by atoms with E-state index >= 15 is 0 Å². The Kier molecular flexibility index (Phi) is 5.17. The summed E-state index contributed by atoms with van der Waals surface area (Å²) < 4.78 is 34.3. The molecule has 5 heteroatoms. The summed E-state index contributed by atoms with van der Waals surface area (Å²) in [4.78, 5) is 0. The molecular weight excluding hydrogens is 289 g/mol. The predicted octanol–water partition coefficient (Wildman–Crippen LogP) is 3.87. The molecule has 0 saturated heterocycles. The van der Waals surface area contributed by atoms with E-state index in [1.807, 2.05) is 27.7 Å². The van der Waals surface area contributed by atoms with Gasteiger partial charge in [-0.3, -0.25) is 0 Å². The molecule has 0 amide bonds. The van der Waals surface area contributed by atoms with Gasteiger partial charge in [0, 0.05) is 16.9 Å². The Morgan fingerprint density at radius 3 is 2.57 bits per heavy atom. The summed E-state index contributed by atoms with van der Waals surface area (Å²) in [6.45, 7) is 7.59. The molecule has 118 valence electrons. The van der Waals surface area contributed by atoms with Gasteiger partial charge in [0.2, 0.25) is 0 Å². The van der Waals surface area contributed by atoms with Gasteiger partial charge in [-0.25, -0.2) is 4.39 Å². The molecule has 1 aromatic carbocycles. The van der Waals surface area contributed by atoms with Crippen LogP contribution in [0.3, 0.4) is 0 Å². The van der Waals surface area contributed by atoms with Crippen molar-refractivity contribution in [2.45, 2.75) is 63.9 Å². The highest BCUT2D eigenvalue weighted by Crippen LogP contribution is 2.32. The number of rotatable bonds is 5. The van der Waals surface area contributed by atoms with Crippen molar-refractivity contribution in [2.75, 3.05) is 0 Å². The standard InChI is InChI=1S/C16H24FNO2S/c1-11(18-21(19)16(2,3)4)14-10-12(17)8-9-15(14)20-13-6-5-7-13/h8-11,13,18H,5-7H2,1-4H3/t11-,21?/m1/s1. The van der Waals surface area contributed by atoms with Crippen molar-refractivity contribution in [3.63, 3.8) is 0 Å². The van der Waals surface area contributed by atoms with Crippen LogP contribution in [0.2, 0.25) is 0 Å². The lowest BCUT2D eigenvalue weighted by atomic mass is 9.96. The third-order valence-corrected chi connectivity index (χ3v) is 5.30. The van der Waals surface area contributed by atoms with E-state index < -0.39 is 11.4 Å². The van der Waals surface area contributed by atoms with Crippen LogP contribution in [0.15, 0.2) is 18.2 Å². The van der Waals surface area contributed by atoms with Crippen LogP contribution in [0.4, 0.5) is 4.39 Å². The minimum atomic E-state index is -1.21. The van der Waals surface area contributed by atoms with Crippen LogP contribution in [0.25, 0.3) is 0 Å². The van der Waals surface area contributed by atoms with Crippen molar-refractivity contribution in [1.29, 1.82) is 0 Å². The molecule has 1 unspecified atom stereocenters. The molecule has 1 aromatic rings. The van der Waals surface area contributed by atoms with Crippen molar-refractivity contribution in [1.82, 2.24) is 4.72 Å². The number of hydrogen-bond acceptors (Lipinski definition) is 3. The molecule has 0 heterocycles. The number of ether oxygens (including phenoxy) is 1. The fraction of sp³-hybridized carbons (Fsp3) is 0.625. The third kappa shape index (κ3) is 4.34. The highest BCUT2D eigenvalue weighted by atomic mass is 32.2. The Morgan fingerprint density at radius 2 is 2.05 bits per heavy atom. The summed E-state index contributed by atoms with van der Waals surface area (Å²) in [6.07, 6.45) is 3.51. The summed E-state index contributed by atoms with van der Waals surface area (Å²) in [5.74, 6) is 0.383. The molecule has 3 nitrogen and oxygen atoms in total. The molecule has 2 atom stereocenters. The van der Waals surface area contributed by atoms with E-state index in [2.05, 4.69) is 4.72 Å². The zero-order valence-corrected chi connectivity index (χ0v) is 13.9. The first kappa shape index (κ1) is 16.6. The normalized spacial score (nSPS) is 19.0. The Hall–Kier alpha value is -0.780. The van der Waals surface area contributed by atoms with Gasteiger partial charge in [0.25, 0.3) is 0 Å². The number of hydrogen-bond donors (Lipinski definition) is 1.